The Hall–Kier alpha value is -0.790. The van der Waals surface area contributed by atoms with Crippen LogP contribution in [-0.4, -0.2) is 12.1 Å². The molecule has 2 heteroatoms. The second kappa shape index (κ2) is 5.03. The molecule has 0 aromatic rings. The van der Waals surface area contributed by atoms with E-state index in [1.807, 2.05) is 6.92 Å². The number of ether oxygens (including phenoxy) is 1. The van der Waals surface area contributed by atoms with Gasteiger partial charge in [0, 0.05) is 12.0 Å². The number of rotatable bonds is 3. The van der Waals surface area contributed by atoms with E-state index in [0.29, 0.717) is 11.3 Å². The van der Waals surface area contributed by atoms with Crippen molar-refractivity contribution in [2.45, 2.75) is 60.0 Å². The fraction of sp³-hybridized carbons (Fsp3) is 0.786. The molecular weight excluding hydrogens is 200 g/mol. The number of cyclic esters (lactones) is 1. The van der Waals surface area contributed by atoms with Crippen molar-refractivity contribution >= 4 is 5.97 Å². The van der Waals surface area contributed by atoms with Gasteiger partial charge >= 0.3 is 5.97 Å². The summed E-state index contributed by atoms with van der Waals surface area (Å²) in [5.74, 6) is 0.506. The maximum atomic E-state index is 11.4. The highest BCUT2D eigenvalue weighted by atomic mass is 16.5. The summed E-state index contributed by atoms with van der Waals surface area (Å²) in [7, 11) is 0. The zero-order valence-corrected chi connectivity index (χ0v) is 11.2. The van der Waals surface area contributed by atoms with Gasteiger partial charge in [0.2, 0.25) is 0 Å². The third-order valence-electron chi connectivity index (χ3n) is 2.81. The van der Waals surface area contributed by atoms with Crippen molar-refractivity contribution < 1.29 is 9.53 Å². The molecule has 0 aromatic heterocycles. The molecule has 2 nitrogen and oxygen atoms in total. The zero-order chi connectivity index (χ0) is 12.3. The standard InChI is InChI=1S/C14H24O2/c1-10(9-14(3,4)5)6-7-12-8-11(2)16-13(12)15/h7,10-11H,6,8-9H2,1-5H3/b12-7+. The van der Waals surface area contributed by atoms with E-state index in [9.17, 15) is 4.79 Å². The minimum absolute atomic E-state index is 0.0664. The van der Waals surface area contributed by atoms with E-state index in [0.717, 1.165) is 18.4 Å². The van der Waals surface area contributed by atoms with Crippen LogP contribution in [0.2, 0.25) is 0 Å². The van der Waals surface area contributed by atoms with Crippen LogP contribution < -0.4 is 0 Å². The molecule has 2 unspecified atom stereocenters. The van der Waals surface area contributed by atoms with E-state index in [2.05, 4.69) is 33.8 Å². The van der Waals surface area contributed by atoms with Gasteiger partial charge < -0.3 is 4.74 Å². The Morgan fingerprint density at radius 1 is 1.50 bits per heavy atom. The van der Waals surface area contributed by atoms with Crippen LogP contribution in [0.4, 0.5) is 0 Å². The van der Waals surface area contributed by atoms with Crippen LogP contribution in [-0.2, 0) is 9.53 Å². The molecule has 0 radical (unpaired) electrons. The summed E-state index contributed by atoms with van der Waals surface area (Å²) in [6, 6.07) is 0. The molecule has 0 spiro atoms. The molecule has 0 saturated carbocycles. The summed E-state index contributed by atoms with van der Waals surface area (Å²) in [4.78, 5) is 11.4. The highest BCUT2D eigenvalue weighted by molar-refractivity contribution is 5.90. The first-order valence-electron chi connectivity index (χ1n) is 6.18. The van der Waals surface area contributed by atoms with Gasteiger partial charge in [0.25, 0.3) is 0 Å². The summed E-state index contributed by atoms with van der Waals surface area (Å²) in [6.45, 7) is 10.9. The Bertz CT molecular complexity index is 284. The van der Waals surface area contributed by atoms with Gasteiger partial charge in [-0.15, -0.1) is 0 Å². The molecule has 0 amide bonds. The van der Waals surface area contributed by atoms with Crippen molar-refractivity contribution in [2.75, 3.05) is 0 Å². The lowest BCUT2D eigenvalue weighted by Gasteiger charge is -2.22. The minimum Gasteiger partial charge on any atom is -0.459 e. The average Bonchev–Trinajstić information content (AvgIpc) is 2.38. The predicted molar refractivity (Wildman–Crippen MR) is 66.1 cm³/mol. The van der Waals surface area contributed by atoms with E-state index in [1.54, 1.807) is 0 Å². The Labute approximate surface area is 99.1 Å². The van der Waals surface area contributed by atoms with Crippen LogP contribution in [0.1, 0.15) is 53.9 Å². The van der Waals surface area contributed by atoms with Crippen molar-refractivity contribution in [3.05, 3.63) is 11.6 Å². The summed E-state index contributed by atoms with van der Waals surface area (Å²) in [6.07, 6.45) is 5.08. The number of carbonyl (C=O) groups excluding carboxylic acids is 1. The lowest BCUT2D eigenvalue weighted by Crippen LogP contribution is -2.10. The lowest BCUT2D eigenvalue weighted by molar-refractivity contribution is -0.138. The van der Waals surface area contributed by atoms with E-state index in [1.165, 1.54) is 6.42 Å². The van der Waals surface area contributed by atoms with Crippen LogP contribution in [0.3, 0.4) is 0 Å². The largest absolute Gasteiger partial charge is 0.459 e. The molecular formula is C14H24O2. The third kappa shape index (κ3) is 4.38. The first kappa shape index (κ1) is 13.3. The van der Waals surface area contributed by atoms with Crippen molar-refractivity contribution in [1.82, 2.24) is 0 Å². The monoisotopic (exact) mass is 224 g/mol. The van der Waals surface area contributed by atoms with Gasteiger partial charge in [-0.25, -0.2) is 4.79 Å². The van der Waals surface area contributed by atoms with E-state index in [4.69, 9.17) is 4.74 Å². The zero-order valence-electron chi connectivity index (χ0n) is 11.2. The topological polar surface area (TPSA) is 26.3 Å². The van der Waals surface area contributed by atoms with E-state index in [-0.39, 0.29) is 12.1 Å². The molecule has 92 valence electrons. The van der Waals surface area contributed by atoms with Gasteiger partial charge in [0.15, 0.2) is 0 Å². The fourth-order valence-corrected chi connectivity index (χ4v) is 2.33. The SMILES string of the molecule is CC(C/C=C1\CC(C)OC1=O)CC(C)(C)C. The molecule has 1 saturated heterocycles. The van der Waals surface area contributed by atoms with Crippen LogP contribution in [0.25, 0.3) is 0 Å². The smallest absolute Gasteiger partial charge is 0.334 e. The first-order chi connectivity index (χ1) is 7.28. The quantitative estimate of drug-likeness (QED) is 0.539. The average molecular weight is 224 g/mol. The van der Waals surface area contributed by atoms with E-state index >= 15 is 0 Å². The molecule has 0 aliphatic carbocycles. The molecule has 1 rings (SSSR count). The van der Waals surface area contributed by atoms with Gasteiger partial charge in [-0.1, -0.05) is 33.8 Å². The van der Waals surface area contributed by atoms with E-state index < -0.39 is 0 Å². The van der Waals surface area contributed by atoms with Crippen molar-refractivity contribution in [1.29, 1.82) is 0 Å². The van der Waals surface area contributed by atoms with Crippen molar-refractivity contribution in [3.63, 3.8) is 0 Å². The van der Waals surface area contributed by atoms with Gasteiger partial charge in [0.1, 0.15) is 6.10 Å². The second-order valence-electron chi connectivity index (χ2n) is 6.26. The Balaban J connectivity index is 2.44. The third-order valence-corrected chi connectivity index (χ3v) is 2.81. The van der Waals surface area contributed by atoms with Crippen LogP contribution >= 0.6 is 0 Å². The highest BCUT2D eigenvalue weighted by Crippen LogP contribution is 2.27. The van der Waals surface area contributed by atoms with Gasteiger partial charge in [-0.2, -0.15) is 0 Å². The first-order valence-corrected chi connectivity index (χ1v) is 6.18. The lowest BCUT2D eigenvalue weighted by atomic mass is 9.84. The Kier molecular flexibility index (Phi) is 4.17. The maximum absolute atomic E-state index is 11.4. The molecule has 2 atom stereocenters. The number of hydrogen-bond acceptors (Lipinski definition) is 2. The predicted octanol–water partition coefficient (Wildman–Crippen LogP) is 3.71. The van der Waals surface area contributed by atoms with Gasteiger partial charge in [-0.05, 0) is 31.1 Å². The van der Waals surface area contributed by atoms with Crippen LogP contribution in [0, 0.1) is 11.3 Å². The Morgan fingerprint density at radius 3 is 2.56 bits per heavy atom. The molecule has 1 fully saturated rings. The second-order valence-corrected chi connectivity index (χ2v) is 6.26. The number of allylic oxidation sites excluding steroid dienone is 1. The van der Waals surface area contributed by atoms with Gasteiger partial charge in [-0.3, -0.25) is 0 Å². The summed E-state index contributed by atoms with van der Waals surface area (Å²) in [5.41, 5.74) is 1.23. The normalized spacial score (nSPS) is 25.9. The maximum Gasteiger partial charge on any atom is 0.334 e. The number of hydrogen-bond donors (Lipinski definition) is 0. The molecule has 1 aliphatic heterocycles. The molecule has 0 bridgehead atoms. The molecule has 0 N–H and O–H groups in total. The number of esters is 1. The summed E-state index contributed by atoms with van der Waals surface area (Å²) >= 11 is 0. The molecule has 1 aliphatic rings. The Morgan fingerprint density at radius 2 is 2.12 bits per heavy atom. The van der Waals surface area contributed by atoms with Gasteiger partial charge in [0.05, 0.1) is 0 Å². The molecule has 16 heavy (non-hydrogen) atoms. The molecule has 1 heterocycles. The summed E-state index contributed by atoms with van der Waals surface area (Å²) < 4.78 is 5.10. The van der Waals surface area contributed by atoms with Crippen molar-refractivity contribution in [3.8, 4) is 0 Å². The van der Waals surface area contributed by atoms with Crippen LogP contribution in [0.15, 0.2) is 11.6 Å². The molecule has 0 aromatic carbocycles. The van der Waals surface area contributed by atoms with Crippen LogP contribution in [0.5, 0.6) is 0 Å². The highest BCUT2D eigenvalue weighted by Gasteiger charge is 2.25. The fourth-order valence-electron chi connectivity index (χ4n) is 2.33. The minimum atomic E-state index is -0.115. The summed E-state index contributed by atoms with van der Waals surface area (Å²) in [5, 5.41) is 0. The van der Waals surface area contributed by atoms with Crippen molar-refractivity contribution in [2.24, 2.45) is 11.3 Å². The number of carbonyl (C=O) groups is 1.